The van der Waals surface area contributed by atoms with Gasteiger partial charge in [0, 0.05) is 18.4 Å². The topological polar surface area (TPSA) is 71.3 Å². The minimum Gasteiger partial charge on any atom is -0.395 e. The number of H-pyrrole nitrogens is 1. The number of hydrogen-bond acceptors (Lipinski definition) is 3. The minimum atomic E-state index is -0.239. The van der Waals surface area contributed by atoms with Gasteiger partial charge in [-0.2, -0.15) is 0 Å². The Morgan fingerprint density at radius 2 is 2.46 bits per heavy atom. The van der Waals surface area contributed by atoms with E-state index in [0.29, 0.717) is 13.2 Å². The van der Waals surface area contributed by atoms with Crippen molar-refractivity contribution in [3.05, 3.63) is 24.0 Å². The lowest BCUT2D eigenvalue weighted by Crippen LogP contribution is -2.60. The summed E-state index contributed by atoms with van der Waals surface area (Å²) in [5, 5.41) is 9.04. The van der Waals surface area contributed by atoms with E-state index in [0.717, 1.165) is 5.56 Å². The quantitative estimate of drug-likeness (QED) is 0.595. The molecule has 2 rings (SSSR count). The molecule has 0 saturated carbocycles. The van der Waals surface area contributed by atoms with Gasteiger partial charge in [-0.1, -0.05) is 0 Å². The molecule has 1 unspecified atom stereocenters. The molecule has 1 fully saturated rings. The molecule has 1 aromatic rings. The van der Waals surface area contributed by atoms with Crippen LogP contribution >= 0.6 is 0 Å². The number of aromatic amines is 1. The number of rotatable bonds is 3. The SMILES string of the molecule is NC(CO)C1(c2cc[nH]c2)COC1. The summed E-state index contributed by atoms with van der Waals surface area (Å²) in [6.07, 6.45) is 3.78. The van der Waals surface area contributed by atoms with Gasteiger partial charge in [-0.3, -0.25) is 0 Å². The second-order valence-corrected chi connectivity index (χ2v) is 3.54. The molecule has 13 heavy (non-hydrogen) atoms. The highest BCUT2D eigenvalue weighted by Crippen LogP contribution is 2.34. The van der Waals surface area contributed by atoms with E-state index in [1.807, 2.05) is 18.5 Å². The van der Waals surface area contributed by atoms with Gasteiger partial charge >= 0.3 is 0 Å². The number of aromatic nitrogens is 1. The van der Waals surface area contributed by atoms with Crippen LogP contribution in [0.15, 0.2) is 18.5 Å². The molecule has 0 radical (unpaired) electrons. The van der Waals surface area contributed by atoms with Gasteiger partial charge < -0.3 is 20.6 Å². The van der Waals surface area contributed by atoms with Gasteiger partial charge in [0.15, 0.2) is 0 Å². The van der Waals surface area contributed by atoms with Crippen molar-refractivity contribution in [2.75, 3.05) is 19.8 Å². The molecule has 4 heteroatoms. The van der Waals surface area contributed by atoms with Crippen molar-refractivity contribution in [1.29, 1.82) is 0 Å². The van der Waals surface area contributed by atoms with Crippen LogP contribution in [0.25, 0.3) is 0 Å². The summed E-state index contributed by atoms with van der Waals surface area (Å²) in [6, 6.07) is 1.75. The number of ether oxygens (including phenoxy) is 1. The number of hydrogen-bond donors (Lipinski definition) is 3. The first kappa shape index (κ1) is 8.74. The third kappa shape index (κ3) is 1.18. The fourth-order valence-corrected chi connectivity index (χ4v) is 1.73. The van der Waals surface area contributed by atoms with E-state index in [1.165, 1.54) is 0 Å². The number of nitrogens with two attached hydrogens (primary N) is 1. The van der Waals surface area contributed by atoms with E-state index in [4.69, 9.17) is 15.6 Å². The summed E-state index contributed by atoms with van der Waals surface area (Å²) in [7, 11) is 0. The summed E-state index contributed by atoms with van der Waals surface area (Å²) in [6.45, 7) is 1.20. The molecular formula is C9H14N2O2. The van der Waals surface area contributed by atoms with Gasteiger partial charge in [0.25, 0.3) is 0 Å². The summed E-state index contributed by atoms with van der Waals surface area (Å²) < 4.78 is 5.18. The molecule has 0 bridgehead atoms. The highest BCUT2D eigenvalue weighted by atomic mass is 16.5. The Labute approximate surface area is 76.7 Å². The number of aliphatic hydroxyl groups excluding tert-OH is 1. The van der Waals surface area contributed by atoms with E-state index < -0.39 is 0 Å². The van der Waals surface area contributed by atoms with Gasteiger partial charge in [0.1, 0.15) is 0 Å². The van der Waals surface area contributed by atoms with Crippen molar-refractivity contribution in [3.8, 4) is 0 Å². The van der Waals surface area contributed by atoms with Crippen LogP contribution in [0.5, 0.6) is 0 Å². The Hall–Kier alpha value is -0.840. The largest absolute Gasteiger partial charge is 0.395 e. The van der Waals surface area contributed by atoms with Crippen molar-refractivity contribution in [3.63, 3.8) is 0 Å². The van der Waals surface area contributed by atoms with Gasteiger partial charge in [-0.15, -0.1) is 0 Å². The third-order valence-electron chi connectivity index (χ3n) is 2.80. The monoisotopic (exact) mass is 182 g/mol. The van der Waals surface area contributed by atoms with Crippen LogP contribution in [-0.4, -0.2) is 36.0 Å². The maximum atomic E-state index is 9.04. The van der Waals surface area contributed by atoms with Crippen LogP contribution in [-0.2, 0) is 10.2 Å². The Morgan fingerprint density at radius 1 is 1.69 bits per heavy atom. The predicted molar refractivity (Wildman–Crippen MR) is 48.4 cm³/mol. The molecule has 0 aliphatic carbocycles. The van der Waals surface area contributed by atoms with E-state index in [-0.39, 0.29) is 18.1 Å². The first-order chi connectivity index (χ1) is 6.29. The highest BCUT2D eigenvalue weighted by molar-refractivity contribution is 5.28. The summed E-state index contributed by atoms with van der Waals surface area (Å²) in [5.74, 6) is 0. The van der Waals surface area contributed by atoms with Crippen LogP contribution in [0, 0.1) is 0 Å². The van der Waals surface area contributed by atoms with E-state index in [2.05, 4.69) is 4.98 Å². The Morgan fingerprint density at radius 3 is 2.85 bits per heavy atom. The van der Waals surface area contributed by atoms with Crippen LogP contribution < -0.4 is 5.73 Å². The fraction of sp³-hybridized carbons (Fsp3) is 0.556. The fourth-order valence-electron chi connectivity index (χ4n) is 1.73. The van der Waals surface area contributed by atoms with E-state index in [1.54, 1.807) is 0 Å². The molecule has 1 aromatic heterocycles. The molecule has 0 spiro atoms. The molecule has 1 aliphatic heterocycles. The number of nitrogens with one attached hydrogen (secondary N) is 1. The summed E-state index contributed by atoms with van der Waals surface area (Å²) >= 11 is 0. The first-order valence-corrected chi connectivity index (χ1v) is 4.37. The van der Waals surface area contributed by atoms with Gasteiger partial charge in [-0.25, -0.2) is 0 Å². The van der Waals surface area contributed by atoms with Crippen molar-refractivity contribution >= 4 is 0 Å². The normalized spacial score (nSPS) is 22.3. The third-order valence-corrected chi connectivity index (χ3v) is 2.80. The van der Waals surface area contributed by atoms with Gasteiger partial charge in [0.05, 0.1) is 25.2 Å². The molecule has 0 aromatic carbocycles. The highest BCUT2D eigenvalue weighted by Gasteiger charge is 2.45. The standard InChI is InChI=1S/C9H14N2O2/c10-8(4-12)9(5-13-6-9)7-1-2-11-3-7/h1-3,8,11-12H,4-6,10H2. The van der Waals surface area contributed by atoms with Crippen molar-refractivity contribution in [1.82, 2.24) is 4.98 Å². The lowest BCUT2D eigenvalue weighted by Gasteiger charge is -2.44. The van der Waals surface area contributed by atoms with Gasteiger partial charge in [-0.05, 0) is 11.6 Å². The second kappa shape index (κ2) is 3.14. The predicted octanol–water partition coefficient (Wildman–Crippen LogP) is -0.398. The average Bonchev–Trinajstić information content (AvgIpc) is 2.55. The lowest BCUT2D eigenvalue weighted by molar-refractivity contribution is -0.0797. The molecule has 4 N–H and O–H groups in total. The van der Waals surface area contributed by atoms with Crippen LogP contribution in [0.4, 0.5) is 0 Å². The second-order valence-electron chi connectivity index (χ2n) is 3.54. The van der Waals surface area contributed by atoms with Crippen LogP contribution in [0.2, 0.25) is 0 Å². The van der Waals surface area contributed by atoms with Gasteiger partial charge in [0.2, 0.25) is 0 Å². The first-order valence-electron chi connectivity index (χ1n) is 4.37. The molecule has 2 heterocycles. The van der Waals surface area contributed by atoms with E-state index in [9.17, 15) is 0 Å². The van der Waals surface area contributed by atoms with Crippen LogP contribution in [0.1, 0.15) is 5.56 Å². The zero-order chi connectivity index (χ0) is 9.31. The minimum absolute atomic E-state index is 0.00542. The van der Waals surface area contributed by atoms with E-state index >= 15 is 0 Å². The molecule has 4 nitrogen and oxygen atoms in total. The summed E-state index contributed by atoms with van der Waals surface area (Å²) in [4.78, 5) is 2.99. The maximum absolute atomic E-state index is 9.04. The molecule has 1 atom stereocenters. The molecule has 1 aliphatic rings. The number of aliphatic hydroxyl groups is 1. The Bertz CT molecular complexity index is 267. The average molecular weight is 182 g/mol. The molecule has 72 valence electrons. The zero-order valence-corrected chi connectivity index (χ0v) is 7.36. The lowest BCUT2D eigenvalue weighted by atomic mass is 9.74. The van der Waals surface area contributed by atoms with Crippen molar-refractivity contribution in [2.45, 2.75) is 11.5 Å². The Kier molecular flexibility index (Phi) is 2.11. The van der Waals surface area contributed by atoms with Crippen molar-refractivity contribution in [2.24, 2.45) is 5.73 Å². The summed E-state index contributed by atoms with van der Waals surface area (Å²) in [5.41, 5.74) is 6.81. The van der Waals surface area contributed by atoms with Crippen molar-refractivity contribution < 1.29 is 9.84 Å². The smallest absolute Gasteiger partial charge is 0.0608 e. The molecular weight excluding hydrogens is 168 g/mol. The molecule has 0 amide bonds. The zero-order valence-electron chi connectivity index (χ0n) is 7.36. The van der Waals surface area contributed by atoms with Crippen LogP contribution in [0.3, 0.4) is 0 Å². The Balaban J connectivity index is 2.25. The maximum Gasteiger partial charge on any atom is 0.0608 e. The molecule has 1 saturated heterocycles.